The highest BCUT2D eigenvalue weighted by Gasteiger charge is 2.33. The molecule has 0 fully saturated rings. The summed E-state index contributed by atoms with van der Waals surface area (Å²) in [6.07, 6.45) is 0.291. The molecule has 0 bridgehead atoms. The molecule has 1 unspecified atom stereocenters. The standard InChI is InChI=1S/C27H30N4O6S/c1-4-25(27(33)28-3)29(18-21-15-13-20(2)14-16-21)26(32)19-30(22-9-8-10-23(17-22)31(34)35)38(36,37)24-11-6-5-7-12-24/h5-17,25H,4,18-19H2,1-3H3,(H,28,33). The SMILES string of the molecule is CCC(C(=O)NC)N(Cc1ccc(C)cc1)C(=O)CN(c1cccc([N+](=O)[O-])c1)S(=O)(=O)c1ccccc1. The second-order valence-electron chi connectivity index (χ2n) is 8.65. The number of nitro benzene ring substituents is 1. The molecule has 0 saturated heterocycles. The van der Waals surface area contributed by atoms with Crippen molar-refractivity contribution in [1.82, 2.24) is 10.2 Å². The number of hydrogen-bond donors (Lipinski definition) is 1. The lowest BCUT2D eigenvalue weighted by molar-refractivity contribution is -0.384. The van der Waals surface area contributed by atoms with Crippen LogP contribution >= 0.6 is 0 Å². The minimum atomic E-state index is -4.30. The number of carbonyl (C=O) groups is 2. The molecule has 0 heterocycles. The van der Waals surface area contributed by atoms with E-state index >= 15 is 0 Å². The van der Waals surface area contributed by atoms with Crippen LogP contribution in [0, 0.1) is 17.0 Å². The van der Waals surface area contributed by atoms with Crippen molar-refractivity contribution in [2.24, 2.45) is 0 Å². The van der Waals surface area contributed by atoms with Crippen LogP contribution in [0.3, 0.4) is 0 Å². The molecule has 1 atom stereocenters. The lowest BCUT2D eigenvalue weighted by Crippen LogP contribution is -2.51. The van der Waals surface area contributed by atoms with Gasteiger partial charge in [-0.2, -0.15) is 0 Å². The van der Waals surface area contributed by atoms with Crippen LogP contribution in [0.2, 0.25) is 0 Å². The van der Waals surface area contributed by atoms with Crippen LogP contribution in [0.15, 0.2) is 83.8 Å². The third-order valence-electron chi connectivity index (χ3n) is 6.04. The Labute approximate surface area is 222 Å². The van der Waals surface area contributed by atoms with E-state index in [1.807, 2.05) is 31.2 Å². The third kappa shape index (κ3) is 6.54. The molecule has 1 N–H and O–H groups in total. The molecular weight excluding hydrogens is 508 g/mol. The highest BCUT2D eigenvalue weighted by atomic mass is 32.2. The van der Waals surface area contributed by atoms with Crippen LogP contribution in [-0.2, 0) is 26.2 Å². The van der Waals surface area contributed by atoms with Gasteiger partial charge in [0.25, 0.3) is 15.7 Å². The Balaban J connectivity index is 2.08. The lowest BCUT2D eigenvalue weighted by Gasteiger charge is -2.33. The number of likely N-dealkylation sites (N-methyl/N-ethyl adjacent to an activating group) is 1. The molecule has 0 aromatic heterocycles. The molecule has 0 radical (unpaired) electrons. The molecule has 3 rings (SSSR count). The summed E-state index contributed by atoms with van der Waals surface area (Å²) in [5.74, 6) is -1.02. The van der Waals surface area contributed by atoms with E-state index in [9.17, 15) is 28.1 Å². The van der Waals surface area contributed by atoms with E-state index in [4.69, 9.17) is 0 Å². The quantitative estimate of drug-likeness (QED) is 0.293. The molecule has 0 aliphatic heterocycles. The van der Waals surface area contributed by atoms with Crippen LogP contribution in [0.5, 0.6) is 0 Å². The summed E-state index contributed by atoms with van der Waals surface area (Å²) in [7, 11) is -2.83. The molecule has 38 heavy (non-hydrogen) atoms. The molecule has 200 valence electrons. The van der Waals surface area contributed by atoms with Gasteiger partial charge in [0, 0.05) is 25.7 Å². The topological polar surface area (TPSA) is 130 Å². The maximum Gasteiger partial charge on any atom is 0.271 e. The first-order valence-corrected chi connectivity index (χ1v) is 13.4. The fraction of sp³-hybridized carbons (Fsp3) is 0.259. The largest absolute Gasteiger partial charge is 0.357 e. The highest BCUT2D eigenvalue weighted by Crippen LogP contribution is 2.27. The fourth-order valence-electron chi connectivity index (χ4n) is 3.99. The van der Waals surface area contributed by atoms with E-state index in [1.54, 1.807) is 25.1 Å². The summed E-state index contributed by atoms with van der Waals surface area (Å²) < 4.78 is 28.3. The third-order valence-corrected chi connectivity index (χ3v) is 7.83. The molecule has 0 aliphatic rings. The first kappa shape index (κ1) is 28.3. The van der Waals surface area contributed by atoms with Gasteiger partial charge in [0.05, 0.1) is 15.5 Å². The number of rotatable bonds is 11. The van der Waals surface area contributed by atoms with Gasteiger partial charge in [0.2, 0.25) is 11.8 Å². The minimum absolute atomic E-state index is 0.0420. The first-order valence-electron chi connectivity index (χ1n) is 12.0. The van der Waals surface area contributed by atoms with Gasteiger partial charge in [-0.05, 0) is 37.1 Å². The number of nitrogens with one attached hydrogen (secondary N) is 1. The van der Waals surface area contributed by atoms with E-state index in [0.717, 1.165) is 21.5 Å². The second kappa shape index (κ2) is 12.3. The first-order chi connectivity index (χ1) is 18.1. The van der Waals surface area contributed by atoms with Gasteiger partial charge in [0.1, 0.15) is 12.6 Å². The number of anilines is 1. The zero-order valence-electron chi connectivity index (χ0n) is 21.4. The molecule has 0 aliphatic carbocycles. The number of amides is 2. The van der Waals surface area contributed by atoms with Gasteiger partial charge < -0.3 is 10.2 Å². The van der Waals surface area contributed by atoms with Crippen LogP contribution in [-0.4, -0.2) is 49.7 Å². The van der Waals surface area contributed by atoms with E-state index < -0.39 is 33.4 Å². The molecular formula is C27H30N4O6S. The number of aryl methyl sites for hydroxylation is 1. The van der Waals surface area contributed by atoms with Gasteiger partial charge in [0.15, 0.2) is 0 Å². The van der Waals surface area contributed by atoms with Crippen molar-refractivity contribution in [2.45, 2.75) is 37.8 Å². The molecule has 2 amide bonds. The summed E-state index contributed by atoms with van der Waals surface area (Å²) in [5, 5.41) is 14.0. The number of non-ortho nitro benzene ring substituents is 1. The molecule has 11 heteroatoms. The van der Waals surface area contributed by atoms with Crippen molar-refractivity contribution in [3.8, 4) is 0 Å². The maximum absolute atomic E-state index is 13.8. The van der Waals surface area contributed by atoms with Gasteiger partial charge in [-0.1, -0.05) is 61.0 Å². The van der Waals surface area contributed by atoms with Crippen LogP contribution < -0.4 is 9.62 Å². The van der Waals surface area contributed by atoms with Gasteiger partial charge in [-0.3, -0.25) is 24.0 Å². The Morgan fingerprint density at radius 2 is 1.66 bits per heavy atom. The van der Waals surface area contributed by atoms with Crippen molar-refractivity contribution in [2.75, 3.05) is 17.9 Å². The smallest absolute Gasteiger partial charge is 0.271 e. The zero-order valence-corrected chi connectivity index (χ0v) is 22.2. The van der Waals surface area contributed by atoms with E-state index in [1.165, 1.54) is 42.3 Å². The Hall–Kier alpha value is -4.25. The zero-order chi connectivity index (χ0) is 27.9. The number of carbonyl (C=O) groups excluding carboxylic acids is 2. The van der Waals surface area contributed by atoms with E-state index in [0.29, 0.717) is 6.42 Å². The van der Waals surface area contributed by atoms with Gasteiger partial charge in [-0.25, -0.2) is 8.42 Å². The monoisotopic (exact) mass is 538 g/mol. The Kier molecular flexibility index (Phi) is 9.19. The van der Waals surface area contributed by atoms with Gasteiger partial charge in [-0.15, -0.1) is 0 Å². The van der Waals surface area contributed by atoms with Crippen molar-refractivity contribution < 1.29 is 22.9 Å². The Morgan fingerprint density at radius 1 is 1.00 bits per heavy atom. The minimum Gasteiger partial charge on any atom is -0.357 e. The molecule has 3 aromatic rings. The summed E-state index contributed by atoms with van der Waals surface area (Å²) in [5.41, 5.74) is 1.42. The number of benzene rings is 3. The molecule has 3 aromatic carbocycles. The Morgan fingerprint density at radius 3 is 2.24 bits per heavy atom. The average Bonchev–Trinajstić information content (AvgIpc) is 2.92. The normalized spacial score (nSPS) is 11.9. The second-order valence-corrected chi connectivity index (χ2v) is 10.5. The molecule has 0 spiro atoms. The van der Waals surface area contributed by atoms with Crippen LogP contribution in [0.1, 0.15) is 24.5 Å². The lowest BCUT2D eigenvalue weighted by atomic mass is 10.1. The fourth-order valence-corrected chi connectivity index (χ4v) is 5.41. The van der Waals surface area contributed by atoms with Crippen molar-refractivity contribution in [3.63, 3.8) is 0 Å². The number of nitro groups is 1. The maximum atomic E-state index is 13.8. The molecule has 10 nitrogen and oxygen atoms in total. The summed E-state index contributed by atoms with van der Waals surface area (Å²) >= 11 is 0. The summed E-state index contributed by atoms with van der Waals surface area (Å²) in [6.45, 7) is 3.09. The predicted molar refractivity (Wildman–Crippen MR) is 144 cm³/mol. The number of sulfonamides is 1. The Bertz CT molecular complexity index is 1390. The predicted octanol–water partition coefficient (Wildman–Crippen LogP) is 3.65. The van der Waals surface area contributed by atoms with E-state index in [-0.39, 0.29) is 28.7 Å². The van der Waals surface area contributed by atoms with Crippen molar-refractivity contribution in [3.05, 3.63) is 100 Å². The van der Waals surface area contributed by atoms with Crippen LogP contribution in [0.25, 0.3) is 0 Å². The highest BCUT2D eigenvalue weighted by molar-refractivity contribution is 7.92. The summed E-state index contributed by atoms with van der Waals surface area (Å²) in [4.78, 5) is 38.6. The van der Waals surface area contributed by atoms with Gasteiger partial charge >= 0.3 is 0 Å². The summed E-state index contributed by atoms with van der Waals surface area (Å²) in [6, 6.07) is 19.2. The number of hydrogen-bond acceptors (Lipinski definition) is 6. The number of nitrogens with zero attached hydrogens (tertiary/aromatic N) is 3. The van der Waals surface area contributed by atoms with E-state index in [2.05, 4.69) is 5.32 Å². The van der Waals surface area contributed by atoms with Crippen molar-refractivity contribution >= 4 is 33.2 Å². The van der Waals surface area contributed by atoms with Crippen LogP contribution in [0.4, 0.5) is 11.4 Å². The molecule has 0 saturated carbocycles. The average molecular weight is 539 g/mol. The van der Waals surface area contributed by atoms with Crippen molar-refractivity contribution in [1.29, 1.82) is 0 Å².